The SMILES string of the molecule is C[C@H](NC(=O)c1cncc(Cl)c1)c1ncnn1-c1ccc(C#N)cn1. The Morgan fingerprint density at radius 1 is 1.32 bits per heavy atom. The van der Waals surface area contributed by atoms with E-state index in [1.165, 1.54) is 35.7 Å². The summed E-state index contributed by atoms with van der Waals surface area (Å²) in [5.74, 6) is 0.669. The van der Waals surface area contributed by atoms with Crippen LogP contribution in [0.4, 0.5) is 0 Å². The summed E-state index contributed by atoms with van der Waals surface area (Å²) < 4.78 is 1.50. The van der Waals surface area contributed by atoms with Crippen LogP contribution in [-0.4, -0.2) is 30.6 Å². The molecule has 1 atom stereocenters. The Labute approximate surface area is 148 Å². The van der Waals surface area contributed by atoms with Crippen molar-refractivity contribution in [3.63, 3.8) is 0 Å². The van der Waals surface area contributed by atoms with Crippen molar-refractivity contribution in [2.24, 2.45) is 0 Å². The van der Waals surface area contributed by atoms with E-state index in [-0.39, 0.29) is 5.91 Å². The first-order valence-electron chi connectivity index (χ1n) is 7.26. The first kappa shape index (κ1) is 16.5. The van der Waals surface area contributed by atoms with Crippen molar-refractivity contribution < 1.29 is 4.79 Å². The molecule has 0 spiro atoms. The van der Waals surface area contributed by atoms with E-state index < -0.39 is 6.04 Å². The minimum absolute atomic E-state index is 0.329. The summed E-state index contributed by atoms with van der Waals surface area (Å²) in [7, 11) is 0. The van der Waals surface area contributed by atoms with Crippen LogP contribution in [0, 0.1) is 11.3 Å². The third-order valence-corrected chi connectivity index (χ3v) is 3.58. The molecule has 8 nitrogen and oxygen atoms in total. The van der Waals surface area contributed by atoms with E-state index in [1.807, 2.05) is 6.07 Å². The second-order valence-electron chi connectivity index (χ2n) is 5.13. The topological polar surface area (TPSA) is 109 Å². The van der Waals surface area contributed by atoms with E-state index in [2.05, 4.69) is 25.4 Å². The van der Waals surface area contributed by atoms with Crippen molar-refractivity contribution in [1.29, 1.82) is 5.26 Å². The Morgan fingerprint density at radius 2 is 2.16 bits per heavy atom. The largest absolute Gasteiger partial charge is 0.342 e. The maximum Gasteiger partial charge on any atom is 0.253 e. The molecule has 0 aliphatic rings. The molecule has 1 amide bonds. The van der Waals surface area contributed by atoms with Crippen molar-refractivity contribution >= 4 is 17.5 Å². The Morgan fingerprint density at radius 3 is 2.84 bits per heavy atom. The fourth-order valence-electron chi connectivity index (χ4n) is 2.18. The van der Waals surface area contributed by atoms with Gasteiger partial charge in [0.15, 0.2) is 11.6 Å². The van der Waals surface area contributed by atoms with Crippen molar-refractivity contribution in [3.8, 4) is 11.9 Å². The highest BCUT2D eigenvalue weighted by Gasteiger charge is 2.18. The number of amides is 1. The summed E-state index contributed by atoms with van der Waals surface area (Å²) in [5, 5.41) is 16.2. The van der Waals surface area contributed by atoms with Crippen LogP contribution >= 0.6 is 11.6 Å². The van der Waals surface area contributed by atoms with E-state index in [4.69, 9.17) is 16.9 Å². The Hall–Kier alpha value is -3.31. The highest BCUT2D eigenvalue weighted by molar-refractivity contribution is 6.30. The molecule has 25 heavy (non-hydrogen) atoms. The molecule has 124 valence electrons. The second kappa shape index (κ2) is 7.07. The van der Waals surface area contributed by atoms with Crippen molar-refractivity contribution in [2.45, 2.75) is 13.0 Å². The Balaban J connectivity index is 1.81. The monoisotopic (exact) mass is 353 g/mol. The van der Waals surface area contributed by atoms with Gasteiger partial charge in [-0.2, -0.15) is 15.0 Å². The molecule has 0 bridgehead atoms. The van der Waals surface area contributed by atoms with Crippen molar-refractivity contribution in [3.05, 3.63) is 65.1 Å². The molecule has 1 N–H and O–H groups in total. The van der Waals surface area contributed by atoms with Crippen LogP contribution < -0.4 is 5.32 Å². The minimum Gasteiger partial charge on any atom is -0.342 e. The summed E-state index contributed by atoms with van der Waals surface area (Å²) in [6.07, 6.45) is 5.70. The third kappa shape index (κ3) is 3.62. The number of nitriles is 1. The molecule has 0 aromatic carbocycles. The van der Waals surface area contributed by atoms with Gasteiger partial charge in [-0.1, -0.05) is 11.6 Å². The highest BCUT2D eigenvalue weighted by Crippen LogP contribution is 2.15. The Kier molecular flexibility index (Phi) is 4.68. The fourth-order valence-corrected chi connectivity index (χ4v) is 2.35. The standard InChI is InChI=1S/C16H12ClN7O/c1-10(23-16(25)12-4-13(17)8-19-7-12)15-21-9-22-24(15)14-3-2-11(5-18)6-20-14/h2-4,6-10H,1H3,(H,23,25)/t10-/m0/s1. The van der Waals surface area contributed by atoms with Gasteiger partial charge >= 0.3 is 0 Å². The van der Waals surface area contributed by atoms with Gasteiger partial charge in [0.1, 0.15) is 12.4 Å². The zero-order valence-electron chi connectivity index (χ0n) is 13.1. The molecule has 0 saturated heterocycles. The van der Waals surface area contributed by atoms with Gasteiger partial charge in [-0.05, 0) is 25.1 Å². The number of carbonyl (C=O) groups excluding carboxylic acids is 1. The molecule has 3 rings (SSSR count). The maximum absolute atomic E-state index is 12.3. The number of rotatable bonds is 4. The molecular formula is C16H12ClN7O. The average Bonchev–Trinajstić information content (AvgIpc) is 3.11. The predicted octanol–water partition coefficient (Wildman–Crippen LogP) is 2.07. The summed E-state index contributed by atoms with van der Waals surface area (Å²) in [4.78, 5) is 24.6. The normalized spacial score (nSPS) is 11.6. The number of carbonyl (C=O) groups is 1. The quantitative estimate of drug-likeness (QED) is 0.768. The molecule has 3 aromatic rings. The summed E-state index contributed by atoms with van der Waals surface area (Å²) in [6, 6.07) is 6.39. The van der Waals surface area contributed by atoms with E-state index in [9.17, 15) is 4.79 Å². The maximum atomic E-state index is 12.3. The molecule has 0 aliphatic carbocycles. The minimum atomic E-state index is -0.438. The van der Waals surface area contributed by atoms with E-state index in [0.717, 1.165) is 0 Å². The van der Waals surface area contributed by atoms with Gasteiger partial charge in [0.05, 0.1) is 22.2 Å². The zero-order valence-corrected chi connectivity index (χ0v) is 13.8. The number of hydrogen-bond acceptors (Lipinski definition) is 6. The molecule has 9 heteroatoms. The number of aromatic nitrogens is 5. The lowest BCUT2D eigenvalue weighted by atomic mass is 10.2. The van der Waals surface area contributed by atoms with E-state index >= 15 is 0 Å². The second-order valence-corrected chi connectivity index (χ2v) is 5.57. The predicted molar refractivity (Wildman–Crippen MR) is 89.0 cm³/mol. The lowest BCUT2D eigenvalue weighted by Gasteiger charge is -2.14. The zero-order chi connectivity index (χ0) is 17.8. The molecular weight excluding hydrogens is 342 g/mol. The van der Waals surface area contributed by atoms with Gasteiger partial charge in [0.25, 0.3) is 5.91 Å². The molecule has 0 radical (unpaired) electrons. The van der Waals surface area contributed by atoms with Gasteiger partial charge in [-0.25, -0.2) is 9.97 Å². The van der Waals surface area contributed by atoms with Gasteiger partial charge in [-0.3, -0.25) is 9.78 Å². The molecule has 3 aromatic heterocycles. The first-order chi connectivity index (χ1) is 12.1. The van der Waals surface area contributed by atoms with E-state index in [0.29, 0.717) is 27.8 Å². The van der Waals surface area contributed by atoms with Crippen LogP contribution in [0.25, 0.3) is 5.82 Å². The summed E-state index contributed by atoms with van der Waals surface area (Å²) >= 11 is 5.85. The summed E-state index contributed by atoms with van der Waals surface area (Å²) in [6.45, 7) is 1.78. The number of halogens is 1. The van der Waals surface area contributed by atoms with Crippen LogP contribution in [0.2, 0.25) is 5.02 Å². The van der Waals surface area contributed by atoms with Crippen LogP contribution in [0.15, 0.2) is 43.1 Å². The molecule has 0 aliphatic heterocycles. The lowest BCUT2D eigenvalue weighted by Crippen LogP contribution is -2.29. The average molecular weight is 354 g/mol. The molecule has 0 unspecified atom stereocenters. The smallest absolute Gasteiger partial charge is 0.253 e. The van der Waals surface area contributed by atoms with Gasteiger partial charge in [-0.15, -0.1) is 0 Å². The molecule has 3 heterocycles. The van der Waals surface area contributed by atoms with Crippen LogP contribution in [-0.2, 0) is 0 Å². The fraction of sp³-hybridized carbons (Fsp3) is 0.125. The third-order valence-electron chi connectivity index (χ3n) is 3.37. The highest BCUT2D eigenvalue weighted by atomic mass is 35.5. The van der Waals surface area contributed by atoms with Gasteiger partial charge in [0.2, 0.25) is 0 Å². The van der Waals surface area contributed by atoms with Gasteiger partial charge < -0.3 is 5.32 Å². The van der Waals surface area contributed by atoms with Crippen LogP contribution in [0.1, 0.15) is 34.7 Å². The number of hydrogen-bond donors (Lipinski definition) is 1. The lowest BCUT2D eigenvalue weighted by molar-refractivity contribution is 0.0937. The molecule has 0 fully saturated rings. The van der Waals surface area contributed by atoms with Crippen molar-refractivity contribution in [2.75, 3.05) is 0 Å². The Bertz CT molecular complexity index is 946. The number of nitrogens with zero attached hydrogens (tertiary/aromatic N) is 6. The van der Waals surface area contributed by atoms with Gasteiger partial charge in [0, 0.05) is 18.6 Å². The van der Waals surface area contributed by atoms with Crippen molar-refractivity contribution in [1.82, 2.24) is 30.0 Å². The number of pyridine rings is 2. The van der Waals surface area contributed by atoms with Crippen LogP contribution in [0.5, 0.6) is 0 Å². The first-order valence-corrected chi connectivity index (χ1v) is 7.64. The van der Waals surface area contributed by atoms with E-state index in [1.54, 1.807) is 19.1 Å². The number of nitrogens with one attached hydrogen (secondary N) is 1. The molecule has 0 saturated carbocycles. The van der Waals surface area contributed by atoms with Crippen LogP contribution in [0.3, 0.4) is 0 Å². The summed E-state index contributed by atoms with van der Waals surface area (Å²) in [5.41, 5.74) is 0.794.